The summed E-state index contributed by atoms with van der Waals surface area (Å²) < 4.78 is 29.8. The van der Waals surface area contributed by atoms with Gasteiger partial charge >= 0.3 is 0 Å². The zero-order chi connectivity index (χ0) is 14.6. The van der Waals surface area contributed by atoms with Gasteiger partial charge in [-0.2, -0.15) is 8.42 Å². The van der Waals surface area contributed by atoms with E-state index >= 15 is 0 Å². The Morgan fingerprint density at radius 1 is 1.20 bits per heavy atom. The highest BCUT2D eigenvalue weighted by Crippen LogP contribution is 2.33. The van der Waals surface area contributed by atoms with Crippen LogP contribution in [0.25, 0.3) is 0 Å². The Morgan fingerprint density at radius 2 is 1.90 bits per heavy atom. The highest BCUT2D eigenvalue weighted by Gasteiger charge is 2.29. The van der Waals surface area contributed by atoms with E-state index in [2.05, 4.69) is 6.92 Å². The third-order valence-electron chi connectivity index (χ3n) is 4.03. The molecule has 20 heavy (non-hydrogen) atoms. The quantitative estimate of drug-likeness (QED) is 0.744. The molecule has 0 unspecified atom stereocenters. The van der Waals surface area contributed by atoms with E-state index in [1.165, 1.54) is 19.3 Å². The lowest BCUT2D eigenvalue weighted by molar-refractivity contribution is 0.210. The summed E-state index contributed by atoms with van der Waals surface area (Å²) in [6.45, 7) is 4.12. The van der Waals surface area contributed by atoms with Crippen LogP contribution in [0.15, 0.2) is 29.2 Å². The first-order valence-electron chi connectivity index (χ1n) is 7.51. The predicted molar refractivity (Wildman–Crippen MR) is 80.1 cm³/mol. The van der Waals surface area contributed by atoms with E-state index in [1.54, 1.807) is 24.3 Å². The fraction of sp³-hybridized carbons (Fsp3) is 0.625. The van der Waals surface area contributed by atoms with E-state index in [0.29, 0.717) is 5.92 Å². The molecule has 1 saturated carbocycles. The Hall–Kier alpha value is -0.870. The van der Waals surface area contributed by atoms with Crippen LogP contribution >= 0.6 is 0 Å². The van der Waals surface area contributed by atoms with Crippen molar-refractivity contribution in [3.05, 3.63) is 29.8 Å². The van der Waals surface area contributed by atoms with Crippen LogP contribution in [0, 0.1) is 12.8 Å². The minimum absolute atomic E-state index is 0.136. The van der Waals surface area contributed by atoms with E-state index in [-0.39, 0.29) is 11.0 Å². The lowest BCUT2D eigenvalue weighted by Gasteiger charge is -2.13. The molecule has 1 aromatic carbocycles. The van der Waals surface area contributed by atoms with Gasteiger partial charge in [0.25, 0.3) is 10.1 Å². The first-order valence-corrected chi connectivity index (χ1v) is 8.92. The molecule has 0 bridgehead atoms. The maximum atomic E-state index is 12.2. The zero-order valence-corrected chi connectivity index (χ0v) is 13.2. The topological polar surface area (TPSA) is 43.4 Å². The van der Waals surface area contributed by atoms with Crippen molar-refractivity contribution >= 4 is 10.1 Å². The molecule has 1 aromatic rings. The maximum absolute atomic E-state index is 12.2. The molecule has 0 heterocycles. The third kappa shape index (κ3) is 4.06. The minimum Gasteiger partial charge on any atom is -0.263 e. The average molecular weight is 296 g/mol. The molecule has 2 rings (SSSR count). The van der Waals surface area contributed by atoms with Gasteiger partial charge in [0.1, 0.15) is 0 Å². The van der Waals surface area contributed by atoms with Crippen molar-refractivity contribution in [2.45, 2.75) is 63.4 Å². The van der Waals surface area contributed by atoms with E-state index in [0.717, 1.165) is 24.8 Å². The van der Waals surface area contributed by atoms with Crippen LogP contribution in [-0.2, 0) is 14.3 Å². The van der Waals surface area contributed by atoms with Crippen molar-refractivity contribution in [3.8, 4) is 0 Å². The summed E-state index contributed by atoms with van der Waals surface area (Å²) in [4.78, 5) is 0.264. The Bertz CT molecular complexity index is 519. The normalized spacial score (nSPS) is 23.1. The SMILES string of the molecule is CCCC[C@H]1CC[C@H](OS(=O)(=O)c2ccc(C)cc2)C1. The van der Waals surface area contributed by atoms with Gasteiger partial charge < -0.3 is 0 Å². The molecule has 0 N–H and O–H groups in total. The molecular weight excluding hydrogens is 272 g/mol. The second-order valence-electron chi connectivity index (χ2n) is 5.81. The lowest BCUT2D eigenvalue weighted by atomic mass is 10.0. The van der Waals surface area contributed by atoms with Gasteiger partial charge in [-0.3, -0.25) is 4.18 Å². The van der Waals surface area contributed by atoms with Gasteiger partial charge in [0.2, 0.25) is 0 Å². The van der Waals surface area contributed by atoms with E-state index in [9.17, 15) is 8.42 Å². The van der Waals surface area contributed by atoms with Crippen molar-refractivity contribution in [1.82, 2.24) is 0 Å². The highest BCUT2D eigenvalue weighted by molar-refractivity contribution is 7.86. The van der Waals surface area contributed by atoms with Crippen LogP contribution in [0.3, 0.4) is 0 Å². The van der Waals surface area contributed by atoms with E-state index in [1.807, 2.05) is 6.92 Å². The van der Waals surface area contributed by atoms with Crippen molar-refractivity contribution in [3.63, 3.8) is 0 Å². The minimum atomic E-state index is -3.60. The highest BCUT2D eigenvalue weighted by atomic mass is 32.2. The zero-order valence-electron chi connectivity index (χ0n) is 12.3. The molecule has 0 amide bonds. The second kappa shape index (κ2) is 6.72. The molecule has 1 aliphatic carbocycles. The molecule has 0 aromatic heterocycles. The van der Waals surface area contributed by atoms with Crippen LogP contribution < -0.4 is 0 Å². The maximum Gasteiger partial charge on any atom is 0.297 e. The summed E-state index contributed by atoms with van der Waals surface area (Å²) in [6, 6.07) is 6.84. The fourth-order valence-electron chi connectivity index (χ4n) is 2.81. The van der Waals surface area contributed by atoms with Gasteiger partial charge in [0.15, 0.2) is 0 Å². The molecule has 1 aliphatic rings. The first kappa shape index (κ1) is 15.5. The number of unbranched alkanes of at least 4 members (excludes halogenated alkanes) is 1. The largest absolute Gasteiger partial charge is 0.297 e. The summed E-state index contributed by atoms with van der Waals surface area (Å²) in [5.74, 6) is 0.633. The van der Waals surface area contributed by atoms with Crippen LogP contribution in [0.4, 0.5) is 0 Å². The average Bonchev–Trinajstić information content (AvgIpc) is 2.83. The van der Waals surface area contributed by atoms with Crippen LogP contribution in [0.1, 0.15) is 51.0 Å². The van der Waals surface area contributed by atoms with Gasteiger partial charge in [0, 0.05) is 0 Å². The molecule has 1 fully saturated rings. The van der Waals surface area contributed by atoms with Gasteiger partial charge in [-0.1, -0.05) is 43.9 Å². The molecular formula is C16H24O3S. The Labute approximate surface area is 122 Å². The van der Waals surface area contributed by atoms with Crippen molar-refractivity contribution in [2.75, 3.05) is 0 Å². The monoisotopic (exact) mass is 296 g/mol. The van der Waals surface area contributed by atoms with Gasteiger partial charge in [-0.15, -0.1) is 0 Å². The van der Waals surface area contributed by atoms with Crippen molar-refractivity contribution in [1.29, 1.82) is 0 Å². The predicted octanol–water partition coefficient (Wildman–Crippen LogP) is 4.06. The molecule has 0 spiro atoms. The summed E-state index contributed by atoms with van der Waals surface area (Å²) in [5.41, 5.74) is 1.05. The third-order valence-corrected chi connectivity index (χ3v) is 5.41. The number of rotatable bonds is 6. The Balaban J connectivity index is 1.94. The molecule has 0 saturated heterocycles. The van der Waals surface area contributed by atoms with Gasteiger partial charge in [-0.25, -0.2) is 0 Å². The first-order chi connectivity index (χ1) is 9.51. The van der Waals surface area contributed by atoms with Gasteiger partial charge in [0.05, 0.1) is 11.0 Å². The molecule has 0 aliphatic heterocycles. The van der Waals surface area contributed by atoms with E-state index in [4.69, 9.17) is 4.18 Å². The summed E-state index contributed by atoms with van der Waals surface area (Å²) >= 11 is 0. The number of hydrogen-bond donors (Lipinski definition) is 0. The summed E-state index contributed by atoms with van der Waals surface area (Å²) in [6.07, 6.45) is 6.31. The lowest BCUT2D eigenvalue weighted by Crippen LogP contribution is -2.16. The molecule has 4 heteroatoms. The van der Waals surface area contributed by atoms with Crippen molar-refractivity contribution < 1.29 is 12.6 Å². The fourth-order valence-corrected chi connectivity index (χ4v) is 3.92. The molecule has 112 valence electrons. The number of hydrogen-bond acceptors (Lipinski definition) is 3. The van der Waals surface area contributed by atoms with Crippen LogP contribution in [-0.4, -0.2) is 14.5 Å². The summed E-state index contributed by atoms with van der Waals surface area (Å²) in [7, 11) is -3.60. The standard InChI is InChI=1S/C16H24O3S/c1-3-4-5-14-8-9-15(12-14)19-20(17,18)16-10-6-13(2)7-11-16/h6-7,10-11,14-15H,3-5,8-9,12H2,1-2H3/t14-,15-/m0/s1. The molecule has 2 atom stereocenters. The Morgan fingerprint density at radius 3 is 2.55 bits per heavy atom. The second-order valence-corrected chi connectivity index (χ2v) is 7.38. The number of aryl methyl sites for hydroxylation is 1. The summed E-state index contributed by atoms with van der Waals surface area (Å²) in [5, 5.41) is 0. The smallest absolute Gasteiger partial charge is 0.263 e. The van der Waals surface area contributed by atoms with Crippen molar-refractivity contribution in [2.24, 2.45) is 5.92 Å². The number of benzene rings is 1. The van der Waals surface area contributed by atoms with Crippen LogP contribution in [0.5, 0.6) is 0 Å². The van der Waals surface area contributed by atoms with Crippen LogP contribution in [0.2, 0.25) is 0 Å². The molecule has 0 radical (unpaired) electrons. The van der Waals surface area contributed by atoms with E-state index < -0.39 is 10.1 Å². The molecule has 3 nitrogen and oxygen atoms in total. The van der Waals surface area contributed by atoms with Gasteiger partial charge in [-0.05, 0) is 44.2 Å². The Kier molecular flexibility index (Phi) is 5.22.